The molecule has 1 aliphatic heterocycles. The minimum absolute atomic E-state index is 0.0503. The average molecular weight is 379 g/mol. The number of aliphatic hydroxyl groups is 2. The van der Waals surface area contributed by atoms with Gasteiger partial charge < -0.3 is 25.6 Å². The van der Waals surface area contributed by atoms with Crippen LogP contribution in [0.25, 0.3) is 0 Å². The van der Waals surface area contributed by atoms with Gasteiger partial charge in [0.25, 0.3) is 0 Å². The van der Waals surface area contributed by atoms with E-state index in [-0.39, 0.29) is 19.3 Å². The predicted octanol–water partition coefficient (Wildman–Crippen LogP) is 0.112. The lowest BCUT2D eigenvalue weighted by Gasteiger charge is -2.24. The van der Waals surface area contributed by atoms with Crippen molar-refractivity contribution in [3.8, 4) is 0 Å². The Morgan fingerprint density at radius 1 is 1.47 bits per heavy atom. The Bertz CT molecular complexity index is 409. The number of ether oxygens (including phenoxy) is 1. The van der Waals surface area contributed by atoms with E-state index in [2.05, 4.69) is 38.2 Å². The lowest BCUT2D eigenvalue weighted by atomic mass is 10.2. The molecule has 1 saturated heterocycles. The fourth-order valence-electron chi connectivity index (χ4n) is 1.87. The normalized spacial score (nSPS) is 19.7. The maximum Gasteiger partial charge on any atom is 0.127 e. The molecule has 0 spiro atoms. The van der Waals surface area contributed by atoms with Gasteiger partial charge in [-0.05, 0) is 34.7 Å². The lowest BCUT2D eigenvalue weighted by Crippen LogP contribution is -2.34. The van der Waals surface area contributed by atoms with E-state index in [1.54, 1.807) is 0 Å². The molecule has 0 saturated carbocycles. The number of pyridine rings is 1. The second-order valence-corrected chi connectivity index (χ2v) is 5.61. The van der Waals surface area contributed by atoms with Crippen LogP contribution in [0.4, 0.5) is 5.82 Å². The molecule has 19 heavy (non-hydrogen) atoms. The van der Waals surface area contributed by atoms with Crippen LogP contribution in [0.3, 0.4) is 0 Å². The van der Waals surface area contributed by atoms with Crippen molar-refractivity contribution in [3.05, 3.63) is 21.4 Å². The molecule has 1 unspecified atom stereocenters. The number of hydrogen-bond donors (Lipinski definition) is 4. The Kier molecular flexibility index (Phi) is 5.76. The van der Waals surface area contributed by atoms with E-state index in [4.69, 9.17) is 14.9 Å². The molecule has 0 bridgehead atoms. The van der Waals surface area contributed by atoms with Gasteiger partial charge in [0.05, 0.1) is 31.6 Å². The van der Waals surface area contributed by atoms with Gasteiger partial charge in [-0.25, -0.2) is 4.98 Å². The summed E-state index contributed by atoms with van der Waals surface area (Å²) in [6.07, 6.45) is -0.0503. The number of aliphatic hydroxyl groups excluding tert-OH is 2. The number of hydrogen-bond acceptors (Lipinski definition) is 6. The number of rotatable bonds is 5. The highest BCUT2D eigenvalue weighted by Crippen LogP contribution is 2.21. The number of aromatic nitrogens is 1. The highest BCUT2D eigenvalue weighted by molar-refractivity contribution is 14.1. The quantitative estimate of drug-likeness (QED) is 0.544. The number of anilines is 1. The van der Waals surface area contributed by atoms with Gasteiger partial charge in [0.1, 0.15) is 11.9 Å². The summed E-state index contributed by atoms with van der Waals surface area (Å²) in [5.74, 6) is 0.643. The van der Waals surface area contributed by atoms with Gasteiger partial charge in [-0.15, -0.1) is 0 Å². The Morgan fingerprint density at radius 3 is 2.89 bits per heavy atom. The van der Waals surface area contributed by atoms with Crippen LogP contribution in [-0.4, -0.2) is 54.1 Å². The first-order valence-corrected chi connectivity index (χ1v) is 7.29. The molecule has 1 aromatic heterocycles. The first kappa shape index (κ1) is 14.9. The molecular weight excluding hydrogens is 361 g/mol. The Labute approximate surface area is 125 Å². The topological polar surface area (TPSA) is 86.6 Å². The van der Waals surface area contributed by atoms with Gasteiger partial charge in [0.15, 0.2) is 0 Å². The number of nitrogens with one attached hydrogen (secondary N) is 2. The largest absolute Gasteiger partial charge is 0.394 e. The number of halogens is 1. The van der Waals surface area contributed by atoms with Crippen LogP contribution in [0.2, 0.25) is 0 Å². The zero-order valence-corrected chi connectivity index (χ0v) is 12.6. The first-order valence-electron chi connectivity index (χ1n) is 6.21. The second kappa shape index (κ2) is 7.34. The fourth-order valence-corrected chi connectivity index (χ4v) is 2.48. The van der Waals surface area contributed by atoms with Crippen molar-refractivity contribution in [2.45, 2.75) is 12.1 Å². The van der Waals surface area contributed by atoms with E-state index in [0.717, 1.165) is 22.4 Å². The van der Waals surface area contributed by atoms with Crippen molar-refractivity contribution in [2.75, 3.05) is 38.2 Å². The van der Waals surface area contributed by atoms with E-state index >= 15 is 0 Å². The van der Waals surface area contributed by atoms with Crippen molar-refractivity contribution < 1.29 is 14.9 Å². The van der Waals surface area contributed by atoms with Gasteiger partial charge in [-0.1, -0.05) is 0 Å². The molecule has 1 atom stereocenters. The van der Waals surface area contributed by atoms with Crippen LogP contribution in [0.15, 0.2) is 12.1 Å². The standard InChI is InChI=1S/C12H18IN3O3/c13-8-3-10(11-5-14-1-2-19-11)16-12(4-8)15-9(6-17)7-18/h3-4,9,11,14,17-18H,1-2,5-7H2,(H,15,16). The Balaban J connectivity index is 2.13. The number of morpholine rings is 1. The molecule has 2 heterocycles. The summed E-state index contributed by atoms with van der Waals surface area (Å²) in [7, 11) is 0. The fraction of sp³-hybridized carbons (Fsp3) is 0.583. The van der Waals surface area contributed by atoms with Crippen LogP contribution < -0.4 is 10.6 Å². The van der Waals surface area contributed by atoms with Crippen molar-refractivity contribution in [2.24, 2.45) is 0 Å². The summed E-state index contributed by atoms with van der Waals surface area (Å²) < 4.78 is 6.71. The zero-order chi connectivity index (χ0) is 13.7. The van der Waals surface area contributed by atoms with Crippen molar-refractivity contribution in [1.82, 2.24) is 10.3 Å². The molecule has 0 amide bonds. The third kappa shape index (κ3) is 4.25. The van der Waals surface area contributed by atoms with Crippen LogP contribution in [0, 0.1) is 3.57 Å². The smallest absolute Gasteiger partial charge is 0.127 e. The highest BCUT2D eigenvalue weighted by Gasteiger charge is 2.18. The van der Waals surface area contributed by atoms with Crippen molar-refractivity contribution in [3.63, 3.8) is 0 Å². The maximum absolute atomic E-state index is 9.09. The van der Waals surface area contributed by atoms with Gasteiger partial charge in [-0.3, -0.25) is 0 Å². The molecule has 7 heteroatoms. The van der Waals surface area contributed by atoms with E-state index in [0.29, 0.717) is 12.4 Å². The highest BCUT2D eigenvalue weighted by atomic mass is 127. The summed E-state index contributed by atoms with van der Waals surface area (Å²) in [5.41, 5.74) is 0.858. The molecule has 1 aromatic rings. The van der Waals surface area contributed by atoms with Crippen LogP contribution in [0.1, 0.15) is 11.8 Å². The lowest BCUT2D eigenvalue weighted by molar-refractivity contribution is 0.0250. The minimum Gasteiger partial charge on any atom is -0.394 e. The zero-order valence-electron chi connectivity index (χ0n) is 10.5. The van der Waals surface area contributed by atoms with Gasteiger partial charge in [0.2, 0.25) is 0 Å². The SMILES string of the molecule is OCC(CO)Nc1cc(I)cc(C2CNCCO2)n1. The molecule has 0 radical (unpaired) electrons. The Hall–Kier alpha value is -0.480. The second-order valence-electron chi connectivity index (χ2n) is 4.37. The predicted molar refractivity (Wildman–Crippen MR) is 80.1 cm³/mol. The average Bonchev–Trinajstić information content (AvgIpc) is 2.45. The van der Waals surface area contributed by atoms with Gasteiger partial charge in [-0.2, -0.15) is 0 Å². The van der Waals surface area contributed by atoms with Crippen LogP contribution in [0.5, 0.6) is 0 Å². The third-order valence-electron chi connectivity index (χ3n) is 2.86. The molecule has 6 nitrogen and oxygen atoms in total. The minimum atomic E-state index is -0.399. The third-order valence-corrected chi connectivity index (χ3v) is 3.48. The van der Waals surface area contributed by atoms with Crippen LogP contribution >= 0.6 is 22.6 Å². The van der Waals surface area contributed by atoms with Gasteiger partial charge in [0, 0.05) is 16.7 Å². The molecule has 0 aromatic carbocycles. The Morgan fingerprint density at radius 2 is 2.26 bits per heavy atom. The molecule has 1 fully saturated rings. The van der Waals surface area contributed by atoms with Crippen LogP contribution in [-0.2, 0) is 4.74 Å². The van der Waals surface area contributed by atoms with E-state index in [1.807, 2.05) is 12.1 Å². The van der Waals surface area contributed by atoms with Crippen molar-refractivity contribution in [1.29, 1.82) is 0 Å². The molecule has 0 aliphatic carbocycles. The monoisotopic (exact) mass is 379 g/mol. The van der Waals surface area contributed by atoms with E-state index < -0.39 is 6.04 Å². The molecule has 1 aliphatic rings. The van der Waals surface area contributed by atoms with Crippen molar-refractivity contribution >= 4 is 28.4 Å². The molecular formula is C12H18IN3O3. The summed E-state index contributed by atoms with van der Waals surface area (Å²) >= 11 is 2.22. The maximum atomic E-state index is 9.09. The first-order chi connectivity index (χ1) is 9.22. The summed E-state index contributed by atoms with van der Waals surface area (Å²) in [4.78, 5) is 4.49. The molecule has 2 rings (SSSR count). The number of nitrogens with zero attached hydrogens (tertiary/aromatic N) is 1. The van der Waals surface area contributed by atoms with E-state index in [9.17, 15) is 0 Å². The molecule has 4 N–H and O–H groups in total. The summed E-state index contributed by atoms with van der Waals surface area (Å²) in [6, 6.07) is 3.46. The van der Waals surface area contributed by atoms with Gasteiger partial charge >= 0.3 is 0 Å². The molecule has 106 valence electrons. The summed E-state index contributed by atoms with van der Waals surface area (Å²) in [6.45, 7) is 2.01. The summed E-state index contributed by atoms with van der Waals surface area (Å²) in [5, 5.41) is 24.4. The van der Waals surface area contributed by atoms with E-state index in [1.165, 1.54) is 0 Å².